The largest absolute Gasteiger partial charge is 0.468 e. The zero-order valence-corrected chi connectivity index (χ0v) is 16.5. The third-order valence-corrected chi connectivity index (χ3v) is 5.67. The number of benzene rings is 2. The van der Waals surface area contributed by atoms with Crippen molar-refractivity contribution in [2.24, 2.45) is 0 Å². The molecule has 0 saturated carbocycles. The standard InChI is InChI=1S/C19H22N2O5S/c1-13-5-6-14(2)18(11-13)21(12-19(23)26-4)27(24,25)17-9-7-16(8-10-17)20-15(3)22/h5-11H,12H2,1-4H3,(H,20,22). The van der Waals surface area contributed by atoms with Crippen molar-refractivity contribution in [2.45, 2.75) is 25.7 Å². The SMILES string of the molecule is COC(=O)CN(c1cc(C)ccc1C)S(=O)(=O)c1ccc(NC(C)=O)cc1. The van der Waals surface area contributed by atoms with E-state index in [9.17, 15) is 18.0 Å². The highest BCUT2D eigenvalue weighted by Crippen LogP contribution is 2.28. The predicted molar refractivity (Wildman–Crippen MR) is 103 cm³/mol. The Kier molecular flexibility index (Phi) is 6.22. The van der Waals surface area contributed by atoms with Crippen molar-refractivity contribution in [3.63, 3.8) is 0 Å². The Labute approximate surface area is 159 Å². The van der Waals surface area contributed by atoms with Gasteiger partial charge < -0.3 is 10.1 Å². The van der Waals surface area contributed by atoms with Crippen molar-refractivity contribution >= 4 is 33.3 Å². The van der Waals surface area contributed by atoms with Crippen LogP contribution in [-0.2, 0) is 24.3 Å². The molecule has 0 fully saturated rings. The zero-order chi connectivity index (χ0) is 20.2. The lowest BCUT2D eigenvalue weighted by Crippen LogP contribution is -2.36. The van der Waals surface area contributed by atoms with Crippen molar-refractivity contribution in [2.75, 3.05) is 23.3 Å². The molecular formula is C19H22N2O5S. The molecule has 7 nitrogen and oxygen atoms in total. The third kappa shape index (κ3) is 4.85. The molecule has 2 aromatic carbocycles. The van der Waals surface area contributed by atoms with E-state index in [0.29, 0.717) is 16.9 Å². The van der Waals surface area contributed by atoms with Crippen molar-refractivity contribution in [1.82, 2.24) is 0 Å². The summed E-state index contributed by atoms with van der Waals surface area (Å²) in [5, 5.41) is 2.58. The summed E-state index contributed by atoms with van der Waals surface area (Å²) >= 11 is 0. The van der Waals surface area contributed by atoms with E-state index in [1.807, 2.05) is 13.0 Å². The van der Waals surface area contributed by atoms with E-state index >= 15 is 0 Å². The van der Waals surface area contributed by atoms with Gasteiger partial charge in [0.25, 0.3) is 10.0 Å². The van der Waals surface area contributed by atoms with Crippen LogP contribution >= 0.6 is 0 Å². The zero-order valence-electron chi connectivity index (χ0n) is 15.6. The quantitative estimate of drug-likeness (QED) is 0.766. The third-order valence-electron chi connectivity index (χ3n) is 3.90. The van der Waals surface area contributed by atoms with E-state index < -0.39 is 22.5 Å². The molecule has 1 N–H and O–H groups in total. The highest BCUT2D eigenvalue weighted by atomic mass is 32.2. The molecule has 2 aromatic rings. The van der Waals surface area contributed by atoms with Gasteiger partial charge in [0, 0.05) is 12.6 Å². The molecule has 8 heteroatoms. The Hall–Kier alpha value is -2.87. The van der Waals surface area contributed by atoms with Crippen LogP contribution in [0.25, 0.3) is 0 Å². The monoisotopic (exact) mass is 390 g/mol. The van der Waals surface area contributed by atoms with Crippen molar-refractivity contribution < 1.29 is 22.7 Å². The van der Waals surface area contributed by atoms with E-state index in [1.165, 1.54) is 38.3 Å². The molecule has 0 heterocycles. The summed E-state index contributed by atoms with van der Waals surface area (Å²) < 4.78 is 32.1. The normalized spacial score (nSPS) is 11.0. The van der Waals surface area contributed by atoms with Gasteiger partial charge in [0.05, 0.1) is 17.7 Å². The fourth-order valence-electron chi connectivity index (χ4n) is 2.51. The summed E-state index contributed by atoms with van der Waals surface area (Å²) in [6.45, 7) is 4.53. The highest BCUT2D eigenvalue weighted by molar-refractivity contribution is 7.92. The first-order chi connectivity index (χ1) is 12.6. The molecule has 0 aromatic heterocycles. The van der Waals surface area contributed by atoms with Crippen molar-refractivity contribution in [3.05, 3.63) is 53.6 Å². The second kappa shape index (κ2) is 8.22. The topological polar surface area (TPSA) is 92.8 Å². The summed E-state index contributed by atoms with van der Waals surface area (Å²) in [5.41, 5.74) is 2.46. The van der Waals surface area contributed by atoms with Gasteiger partial charge in [-0.1, -0.05) is 12.1 Å². The maximum Gasteiger partial charge on any atom is 0.326 e. The molecule has 0 radical (unpaired) electrons. The number of carbonyl (C=O) groups excluding carboxylic acids is 2. The molecule has 0 bridgehead atoms. The molecule has 2 rings (SSSR count). The molecule has 1 amide bonds. The number of nitrogens with one attached hydrogen (secondary N) is 1. The summed E-state index contributed by atoms with van der Waals surface area (Å²) in [4.78, 5) is 23.0. The van der Waals surface area contributed by atoms with Gasteiger partial charge in [-0.05, 0) is 55.3 Å². The number of hydrogen-bond acceptors (Lipinski definition) is 5. The lowest BCUT2D eigenvalue weighted by molar-refractivity contribution is -0.138. The van der Waals surface area contributed by atoms with E-state index in [1.54, 1.807) is 19.1 Å². The van der Waals surface area contributed by atoms with Crippen LogP contribution in [0.5, 0.6) is 0 Å². The lowest BCUT2D eigenvalue weighted by atomic mass is 10.1. The molecular weight excluding hydrogens is 368 g/mol. The number of ether oxygens (including phenoxy) is 1. The van der Waals surface area contributed by atoms with Crippen LogP contribution in [0.2, 0.25) is 0 Å². The number of hydrogen-bond donors (Lipinski definition) is 1. The van der Waals surface area contributed by atoms with Gasteiger partial charge in [-0.3, -0.25) is 13.9 Å². The maximum atomic E-state index is 13.2. The highest BCUT2D eigenvalue weighted by Gasteiger charge is 2.28. The lowest BCUT2D eigenvalue weighted by Gasteiger charge is -2.25. The van der Waals surface area contributed by atoms with E-state index in [4.69, 9.17) is 0 Å². The Morgan fingerprint density at radius 3 is 2.26 bits per heavy atom. The van der Waals surface area contributed by atoms with Gasteiger partial charge >= 0.3 is 5.97 Å². The Morgan fingerprint density at radius 1 is 1.07 bits per heavy atom. The van der Waals surface area contributed by atoms with Gasteiger partial charge in [0.15, 0.2) is 0 Å². The number of carbonyl (C=O) groups is 2. The second-order valence-corrected chi connectivity index (χ2v) is 7.95. The average molecular weight is 390 g/mol. The van der Waals surface area contributed by atoms with Gasteiger partial charge in [-0.2, -0.15) is 0 Å². The smallest absolute Gasteiger partial charge is 0.326 e. The van der Waals surface area contributed by atoms with E-state index in [2.05, 4.69) is 10.1 Å². The fourth-order valence-corrected chi connectivity index (χ4v) is 3.98. The number of nitrogens with zero attached hydrogens (tertiary/aromatic N) is 1. The van der Waals surface area contributed by atoms with E-state index in [-0.39, 0.29) is 10.8 Å². The number of aryl methyl sites for hydroxylation is 2. The van der Waals surface area contributed by atoms with Crippen LogP contribution in [-0.4, -0.2) is 33.9 Å². The molecule has 0 aliphatic rings. The van der Waals surface area contributed by atoms with Crippen LogP contribution in [0.1, 0.15) is 18.1 Å². The van der Waals surface area contributed by atoms with Gasteiger partial charge in [-0.25, -0.2) is 8.42 Å². The first kappa shape index (κ1) is 20.4. The molecule has 0 spiro atoms. The van der Waals surface area contributed by atoms with Crippen LogP contribution in [0, 0.1) is 13.8 Å². The van der Waals surface area contributed by atoms with Crippen LogP contribution in [0.15, 0.2) is 47.4 Å². The molecule has 144 valence electrons. The molecule has 0 saturated heterocycles. The minimum absolute atomic E-state index is 0.00131. The molecule has 0 atom stereocenters. The number of anilines is 2. The summed E-state index contributed by atoms with van der Waals surface area (Å²) in [6.07, 6.45) is 0. The number of rotatable bonds is 6. The summed E-state index contributed by atoms with van der Waals surface area (Å²) in [5.74, 6) is -0.928. The van der Waals surface area contributed by atoms with Gasteiger partial charge in [-0.15, -0.1) is 0 Å². The fraction of sp³-hybridized carbons (Fsp3) is 0.263. The van der Waals surface area contributed by atoms with Crippen molar-refractivity contribution in [3.8, 4) is 0 Å². The molecule has 0 aliphatic heterocycles. The van der Waals surface area contributed by atoms with Crippen LogP contribution in [0.4, 0.5) is 11.4 Å². The maximum absolute atomic E-state index is 13.2. The van der Waals surface area contributed by atoms with Crippen LogP contribution < -0.4 is 9.62 Å². The van der Waals surface area contributed by atoms with Gasteiger partial charge in [0.2, 0.25) is 5.91 Å². The first-order valence-corrected chi connectivity index (χ1v) is 9.63. The Morgan fingerprint density at radius 2 is 1.70 bits per heavy atom. The van der Waals surface area contributed by atoms with Crippen molar-refractivity contribution in [1.29, 1.82) is 0 Å². The first-order valence-electron chi connectivity index (χ1n) is 8.19. The van der Waals surface area contributed by atoms with Gasteiger partial charge in [0.1, 0.15) is 6.54 Å². The van der Waals surface area contributed by atoms with E-state index in [0.717, 1.165) is 9.87 Å². The number of esters is 1. The average Bonchev–Trinajstić information content (AvgIpc) is 2.61. The number of amides is 1. The number of sulfonamides is 1. The molecule has 0 aliphatic carbocycles. The summed E-state index contributed by atoms with van der Waals surface area (Å²) in [6, 6.07) is 11.1. The van der Waals surface area contributed by atoms with Crippen LogP contribution in [0.3, 0.4) is 0 Å². The minimum atomic E-state index is -4.02. The second-order valence-electron chi connectivity index (χ2n) is 6.08. The Bertz CT molecular complexity index is 953. The Balaban J connectivity index is 2.51. The summed E-state index contributed by atoms with van der Waals surface area (Å²) in [7, 11) is -2.82. The predicted octanol–water partition coefficient (Wildman–Crippen LogP) is 2.63. The number of methoxy groups -OCH3 is 1. The minimum Gasteiger partial charge on any atom is -0.468 e. The molecule has 27 heavy (non-hydrogen) atoms. The molecule has 0 unspecified atom stereocenters.